The van der Waals surface area contributed by atoms with Crippen LogP contribution in [-0.2, 0) is 5.72 Å². The normalized spacial score (nSPS) is 19.3. The number of amides is 1. The second-order valence-electron chi connectivity index (χ2n) is 5.94. The molecule has 0 saturated carbocycles. The van der Waals surface area contributed by atoms with E-state index in [-0.39, 0.29) is 17.7 Å². The number of nitrogens with zero attached hydrogens (tertiary/aromatic N) is 3. The predicted molar refractivity (Wildman–Crippen MR) is 99.6 cm³/mol. The maximum Gasteiger partial charge on any atom is 0.276 e. The quantitative estimate of drug-likeness (QED) is 0.603. The molecule has 0 unspecified atom stereocenters. The monoisotopic (exact) mass is 417 g/mol. The SMILES string of the molecule is CCC1=NN(C(=O)c2ccc([N+](=O)[O-])cc2)[C@@](O)(c2ccc(Br)cc2)C1. The Labute approximate surface area is 158 Å². The molecule has 0 aromatic heterocycles. The van der Waals surface area contributed by atoms with Gasteiger partial charge in [-0.15, -0.1) is 0 Å². The molecular weight excluding hydrogens is 402 g/mol. The Balaban J connectivity index is 1.98. The second kappa shape index (κ2) is 6.97. The van der Waals surface area contributed by atoms with Gasteiger partial charge in [0.2, 0.25) is 0 Å². The Hall–Kier alpha value is -2.58. The van der Waals surface area contributed by atoms with Gasteiger partial charge in [-0.2, -0.15) is 10.1 Å². The van der Waals surface area contributed by atoms with Crippen molar-refractivity contribution >= 4 is 33.2 Å². The lowest BCUT2D eigenvalue weighted by molar-refractivity contribution is -0.384. The van der Waals surface area contributed by atoms with Gasteiger partial charge in [0.1, 0.15) is 0 Å². The highest BCUT2D eigenvalue weighted by molar-refractivity contribution is 9.10. The van der Waals surface area contributed by atoms with Crippen molar-refractivity contribution < 1.29 is 14.8 Å². The van der Waals surface area contributed by atoms with Crippen LogP contribution < -0.4 is 0 Å². The molecule has 0 fully saturated rings. The van der Waals surface area contributed by atoms with Crippen LogP contribution in [0.25, 0.3) is 0 Å². The Morgan fingerprint density at radius 1 is 1.27 bits per heavy atom. The Morgan fingerprint density at radius 2 is 1.88 bits per heavy atom. The Bertz CT molecular complexity index is 880. The number of benzene rings is 2. The summed E-state index contributed by atoms with van der Waals surface area (Å²) in [4.78, 5) is 23.2. The summed E-state index contributed by atoms with van der Waals surface area (Å²) in [7, 11) is 0. The van der Waals surface area contributed by atoms with Gasteiger partial charge >= 0.3 is 0 Å². The number of non-ortho nitro benzene ring substituents is 1. The first-order valence-corrected chi connectivity index (χ1v) is 8.78. The van der Waals surface area contributed by atoms with E-state index in [1.165, 1.54) is 24.3 Å². The van der Waals surface area contributed by atoms with Gasteiger partial charge in [0.05, 0.1) is 4.92 Å². The number of carbonyl (C=O) groups excluding carboxylic acids is 1. The second-order valence-corrected chi connectivity index (χ2v) is 6.86. The van der Waals surface area contributed by atoms with Crippen molar-refractivity contribution in [3.05, 3.63) is 74.2 Å². The molecule has 0 bridgehead atoms. The predicted octanol–water partition coefficient (Wildman–Crippen LogP) is 3.81. The van der Waals surface area contributed by atoms with Gasteiger partial charge in [-0.3, -0.25) is 14.9 Å². The maximum atomic E-state index is 12.9. The summed E-state index contributed by atoms with van der Waals surface area (Å²) in [5.41, 5.74) is -0.241. The van der Waals surface area contributed by atoms with Crippen molar-refractivity contribution in [3.63, 3.8) is 0 Å². The number of hydrazone groups is 1. The molecule has 0 aliphatic carbocycles. The van der Waals surface area contributed by atoms with Crippen LogP contribution in [0.1, 0.15) is 35.7 Å². The first-order valence-electron chi connectivity index (χ1n) is 7.99. The lowest BCUT2D eigenvalue weighted by Gasteiger charge is -2.31. The lowest BCUT2D eigenvalue weighted by atomic mass is 9.96. The molecule has 8 heteroatoms. The molecule has 1 N–H and O–H groups in total. The highest BCUT2D eigenvalue weighted by Crippen LogP contribution is 2.37. The highest BCUT2D eigenvalue weighted by Gasteiger charge is 2.45. The van der Waals surface area contributed by atoms with Gasteiger partial charge < -0.3 is 5.11 Å². The molecule has 134 valence electrons. The average Bonchev–Trinajstić information content (AvgIpc) is 2.99. The minimum absolute atomic E-state index is 0.108. The van der Waals surface area contributed by atoms with E-state index < -0.39 is 16.6 Å². The van der Waals surface area contributed by atoms with E-state index in [2.05, 4.69) is 21.0 Å². The molecule has 3 rings (SSSR count). The fourth-order valence-corrected chi connectivity index (χ4v) is 3.08. The van der Waals surface area contributed by atoms with Crippen molar-refractivity contribution in [1.82, 2.24) is 5.01 Å². The number of hydrogen-bond acceptors (Lipinski definition) is 5. The summed E-state index contributed by atoms with van der Waals surface area (Å²) in [6.45, 7) is 1.90. The van der Waals surface area contributed by atoms with Crippen LogP contribution in [0.2, 0.25) is 0 Å². The van der Waals surface area contributed by atoms with Crippen molar-refractivity contribution in [3.8, 4) is 0 Å². The number of hydrogen-bond donors (Lipinski definition) is 1. The summed E-state index contributed by atoms with van der Waals surface area (Å²) in [5, 5.41) is 27.4. The first-order chi connectivity index (χ1) is 12.3. The van der Waals surface area contributed by atoms with E-state index in [1.54, 1.807) is 24.3 Å². The molecule has 26 heavy (non-hydrogen) atoms. The molecule has 0 spiro atoms. The van der Waals surface area contributed by atoms with Crippen LogP contribution in [0, 0.1) is 10.1 Å². The molecule has 1 heterocycles. The molecular formula is C18H16BrN3O4. The first kappa shape index (κ1) is 18.2. The molecule has 2 aromatic carbocycles. The number of carbonyl (C=O) groups is 1. The number of nitro benzene ring substituents is 1. The fraction of sp³-hybridized carbons (Fsp3) is 0.222. The Kier molecular flexibility index (Phi) is 4.88. The molecule has 2 aromatic rings. The van der Waals surface area contributed by atoms with Crippen LogP contribution in [0.5, 0.6) is 0 Å². The van der Waals surface area contributed by atoms with Gasteiger partial charge in [-0.05, 0) is 30.7 Å². The summed E-state index contributed by atoms with van der Waals surface area (Å²) >= 11 is 3.35. The molecule has 1 aliphatic rings. The third kappa shape index (κ3) is 3.25. The number of rotatable bonds is 4. The highest BCUT2D eigenvalue weighted by atomic mass is 79.9. The van der Waals surface area contributed by atoms with Crippen LogP contribution in [0.15, 0.2) is 58.1 Å². The van der Waals surface area contributed by atoms with E-state index >= 15 is 0 Å². The average molecular weight is 418 g/mol. The summed E-state index contributed by atoms with van der Waals surface area (Å²) in [6.07, 6.45) is 0.812. The molecule has 0 radical (unpaired) electrons. The van der Waals surface area contributed by atoms with Crippen molar-refractivity contribution in [2.75, 3.05) is 0 Å². The fourth-order valence-electron chi connectivity index (χ4n) is 2.82. The van der Waals surface area contributed by atoms with Crippen molar-refractivity contribution in [1.29, 1.82) is 0 Å². The van der Waals surface area contributed by atoms with Crippen LogP contribution in [-0.4, -0.2) is 26.7 Å². The smallest absolute Gasteiger partial charge is 0.276 e. The van der Waals surface area contributed by atoms with Gasteiger partial charge in [0.15, 0.2) is 5.72 Å². The number of nitro groups is 1. The molecule has 7 nitrogen and oxygen atoms in total. The summed E-state index contributed by atoms with van der Waals surface area (Å²) < 4.78 is 0.854. The van der Waals surface area contributed by atoms with Gasteiger partial charge in [-0.25, -0.2) is 0 Å². The third-order valence-corrected chi connectivity index (χ3v) is 4.80. The summed E-state index contributed by atoms with van der Waals surface area (Å²) in [5.74, 6) is -0.520. The summed E-state index contributed by atoms with van der Waals surface area (Å²) in [6, 6.07) is 12.3. The zero-order valence-electron chi connectivity index (χ0n) is 13.9. The standard InChI is InChI=1S/C18H16BrN3O4/c1-2-15-11-18(24,13-5-7-14(19)8-6-13)21(20-15)17(23)12-3-9-16(10-4-12)22(25)26/h3-10,24H,2,11H2,1H3/t18-/m0/s1. The molecule has 1 atom stereocenters. The molecule has 1 amide bonds. The number of halogens is 1. The third-order valence-electron chi connectivity index (χ3n) is 4.27. The molecule has 0 saturated heterocycles. The topological polar surface area (TPSA) is 96.0 Å². The van der Waals surface area contributed by atoms with E-state index in [9.17, 15) is 20.0 Å². The minimum atomic E-state index is -1.59. The van der Waals surface area contributed by atoms with Crippen molar-refractivity contribution in [2.45, 2.75) is 25.5 Å². The Morgan fingerprint density at radius 3 is 2.42 bits per heavy atom. The van der Waals surface area contributed by atoms with Crippen LogP contribution in [0.3, 0.4) is 0 Å². The van der Waals surface area contributed by atoms with Crippen molar-refractivity contribution in [2.24, 2.45) is 5.10 Å². The van der Waals surface area contributed by atoms with Gasteiger partial charge in [0.25, 0.3) is 11.6 Å². The van der Waals surface area contributed by atoms with Gasteiger partial charge in [0, 0.05) is 39.9 Å². The molecule has 1 aliphatic heterocycles. The maximum absolute atomic E-state index is 12.9. The zero-order chi connectivity index (χ0) is 18.9. The largest absolute Gasteiger partial charge is 0.365 e. The van der Waals surface area contributed by atoms with Crippen LogP contribution in [0.4, 0.5) is 5.69 Å². The van der Waals surface area contributed by atoms with Gasteiger partial charge in [-0.1, -0.05) is 35.0 Å². The van der Waals surface area contributed by atoms with E-state index in [0.717, 1.165) is 9.48 Å². The van der Waals surface area contributed by atoms with E-state index in [0.29, 0.717) is 17.7 Å². The number of aliphatic hydroxyl groups is 1. The minimum Gasteiger partial charge on any atom is -0.365 e. The lowest BCUT2D eigenvalue weighted by Crippen LogP contribution is -2.43. The zero-order valence-corrected chi connectivity index (χ0v) is 15.5. The van der Waals surface area contributed by atoms with E-state index in [1.807, 2.05) is 6.92 Å². The van der Waals surface area contributed by atoms with Crippen LogP contribution >= 0.6 is 15.9 Å². The van der Waals surface area contributed by atoms with E-state index in [4.69, 9.17) is 0 Å².